The predicted molar refractivity (Wildman–Crippen MR) is 61.2 cm³/mol. The summed E-state index contributed by atoms with van der Waals surface area (Å²) in [5.41, 5.74) is 10.9. The molecule has 5 N–H and O–H groups in total. The second kappa shape index (κ2) is 3.46. The molecule has 2 rings (SSSR count). The standard InChI is InChI=1S/C9H14N4OS/c10-7-5-6(12-13(7)8(11)15)9(14)3-1-2-4-9/h5,14H,1-4,10H2,(H2,11,15). The third kappa shape index (κ3) is 1.70. The van der Waals surface area contributed by atoms with Crippen molar-refractivity contribution in [3.8, 4) is 0 Å². The molecule has 1 aromatic heterocycles. The van der Waals surface area contributed by atoms with Crippen molar-refractivity contribution in [2.75, 3.05) is 5.73 Å². The second-order valence-corrected chi connectivity index (χ2v) is 4.36. The third-order valence-corrected chi connectivity index (χ3v) is 3.03. The molecular weight excluding hydrogens is 212 g/mol. The molecule has 1 aliphatic rings. The lowest BCUT2D eigenvalue weighted by Crippen LogP contribution is -2.25. The second-order valence-electron chi connectivity index (χ2n) is 3.94. The normalized spacial score (nSPS) is 19.3. The fourth-order valence-electron chi connectivity index (χ4n) is 2.02. The van der Waals surface area contributed by atoms with E-state index in [0.29, 0.717) is 11.5 Å². The zero-order valence-electron chi connectivity index (χ0n) is 8.31. The third-order valence-electron chi connectivity index (χ3n) is 2.85. The Bertz CT molecular complexity index is 395. The van der Waals surface area contributed by atoms with E-state index in [1.807, 2.05) is 0 Å². The number of nitrogens with two attached hydrogens (primary N) is 2. The average molecular weight is 226 g/mol. The van der Waals surface area contributed by atoms with Crippen LogP contribution < -0.4 is 11.5 Å². The van der Waals surface area contributed by atoms with Crippen molar-refractivity contribution in [3.63, 3.8) is 0 Å². The van der Waals surface area contributed by atoms with E-state index >= 15 is 0 Å². The molecule has 0 amide bonds. The highest BCUT2D eigenvalue weighted by molar-refractivity contribution is 7.80. The number of aromatic nitrogens is 2. The Kier molecular flexibility index (Phi) is 2.40. The van der Waals surface area contributed by atoms with Gasteiger partial charge in [-0.25, -0.2) is 0 Å². The maximum atomic E-state index is 10.3. The van der Waals surface area contributed by atoms with Gasteiger partial charge >= 0.3 is 0 Å². The maximum Gasteiger partial charge on any atom is 0.193 e. The minimum absolute atomic E-state index is 0.0975. The highest BCUT2D eigenvalue weighted by atomic mass is 32.1. The van der Waals surface area contributed by atoms with E-state index in [2.05, 4.69) is 5.10 Å². The van der Waals surface area contributed by atoms with E-state index in [4.69, 9.17) is 23.7 Å². The van der Waals surface area contributed by atoms with E-state index in [9.17, 15) is 5.11 Å². The first kappa shape index (κ1) is 10.4. The Morgan fingerprint density at radius 2 is 2.13 bits per heavy atom. The van der Waals surface area contributed by atoms with Gasteiger partial charge in [-0.15, -0.1) is 0 Å². The summed E-state index contributed by atoms with van der Waals surface area (Å²) in [6.07, 6.45) is 3.47. The molecular formula is C9H14N4OS. The number of rotatable bonds is 1. The van der Waals surface area contributed by atoms with E-state index in [1.54, 1.807) is 6.07 Å². The van der Waals surface area contributed by atoms with Gasteiger partial charge in [0, 0.05) is 6.07 Å². The zero-order valence-corrected chi connectivity index (χ0v) is 9.13. The van der Waals surface area contributed by atoms with Crippen molar-refractivity contribution >= 4 is 23.1 Å². The maximum absolute atomic E-state index is 10.3. The summed E-state index contributed by atoms with van der Waals surface area (Å²) in [7, 11) is 0. The molecule has 6 heteroatoms. The number of hydrogen-bond acceptors (Lipinski definition) is 4. The summed E-state index contributed by atoms with van der Waals surface area (Å²) < 4.78 is 1.28. The molecule has 0 bridgehead atoms. The number of nitrogens with zero attached hydrogens (tertiary/aromatic N) is 2. The lowest BCUT2D eigenvalue weighted by molar-refractivity contribution is 0.0397. The lowest BCUT2D eigenvalue weighted by atomic mass is 9.98. The van der Waals surface area contributed by atoms with Crippen LogP contribution in [-0.4, -0.2) is 20.0 Å². The molecule has 1 heterocycles. The smallest absolute Gasteiger partial charge is 0.193 e. The molecule has 0 spiro atoms. The highest BCUT2D eigenvalue weighted by Crippen LogP contribution is 2.38. The average Bonchev–Trinajstić information content (AvgIpc) is 2.72. The molecule has 0 radical (unpaired) electrons. The number of aliphatic hydroxyl groups is 1. The Labute approximate surface area is 93.1 Å². The van der Waals surface area contributed by atoms with Crippen molar-refractivity contribution in [2.24, 2.45) is 5.73 Å². The van der Waals surface area contributed by atoms with E-state index in [1.165, 1.54) is 4.68 Å². The van der Waals surface area contributed by atoms with E-state index in [-0.39, 0.29) is 5.11 Å². The molecule has 82 valence electrons. The first-order valence-corrected chi connectivity index (χ1v) is 5.32. The molecule has 15 heavy (non-hydrogen) atoms. The van der Waals surface area contributed by atoms with E-state index < -0.39 is 5.60 Å². The van der Waals surface area contributed by atoms with Crippen LogP contribution in [0.3, 0.4) is 0 Å². The van der Waals surface area contributed by atoms with Gasteiger partial charge in [0.2, 0.25) is 0 Å². The van der Waals surface area contributed by atoms with Gasteiger partial charge in [-0.2, -0.15) is 9.78 Å². The van der Waals surface area contributed by atoms with Gasteiger partial charge in [0.15, 0.2) is 5.11 Å². The predicted octanol–water partition coefficient (Wildman–Crippen LogP) is 0.319. The van der Waals surface area contributed by atoms with Gasteiger partial charge in [-0.05, 0) is 25.1 Å². The molecule has 5 nitrogen and oxygen atoms in total. The molecule has 1 fully saturated rings. The van der Waals surface area contributed by atoms with Crippen LogP contribution in [0.2, 0.25) is 0 Å². The number of hydrogen-bond donors (Lipinski definition) is 3. The van der Waals surface area contributed by atoms with Crippen molar-refractivity contribution in [1.82, 2.24) is 9.78 Å². The van der Waals surface area contributed by atoms with Crippen LogP contribution >= 0.6 is 12.2 Å². The summed E-state index contributed by atoms with van der Waals surface area (Å²) in [6, 6.07) is 1.64. The summed E-state index contributed by atoms with van der Waals surface area (Å²) in [5, 5.41) is 14.5. The monoisotopic (exact) mass is 226 g/mol. The van der Waals surface area contributed by atoms with Crippen LogP contribution in [-0.2, 0) is 5.60 Å². The van der Waals surface area contributed by atoms with Crippen LogP contribution in [0.5, 0.6) is 0 Å². The van der Waals surface area contributed by atoms with Gasteiger partial charge in [0.25, 0.3) is 0 Å². The molecule has 0 unspecified atom stereocenters. The van der Waals surface area contributed by atoms with E-state index in [0.717, 1.165) is 25.7 Å². The van der Waals surface area contributed by atoms with Gasteiger partial charge < -0.3 is 16.6 Å². The Morgan fingerprint density at radius 3 is 2.60 bits per heavy atom. The summed E-state index contributed by atoms with van der Waals surface area (Å²) in [6.45, 7) is 0. The van der Waals surface area contributed by atoms with Crippen molar-refractivity contribution in [2.45, 2.75) is 31.3 Å². The Hall–Kier alpha value is -1.14. The van der Waals surface area contributed by atoms with Crippen molar-refractivity contribution < 1.29 is 5.11 Å². The number of nitrogen functional groups attached to an aromatic ring is 1. The lowest BCUT2D eigenvalue weighted by Gasteiger charge is -2.18. The number of anilines is 1. The number of thiocarbonyl (C=S) groups is 1. The fourth-order valence-corrected chi connectivity index (χ4v) is 2.16. The molecule has 0 atom stereocenters. The minimum atomic E-state index is -0.843. The largest absolute Gasteiger partial charge is 0.383 e. The molecule has 1 aliphatic carbocycles. The molecule has 1 saturated carbocycles. The van der Waals surface area contributed by atoms with Gasteiger partial charge in [-0.3, -0.25) is 0 Å². The summed E-state index contributed by atoms with van der Waals surface area (Å²) in [4.78, 5) is 0. The van der Waals surface area contributed by atoms with Crippen LogP contribution in [0.4, 0.5) is 5.82 Å². The van der Waals surface area contributed by atoms with Crippen LogP contribution in [0.25, 0.3) is 0 Å². The van der Waals surface area contributed by atoms with Crippen LogP contribution in [0.1, 0.15) is 31.4 Å². The summed E-state index contributed by atoms with van der Waals surface area (Å²) >= 11 is 4.79. The molecule has 0 aliphatic heterocycles. The topological polar surface area (TPSA) is 90.1 Å². The van der Waals surface area contributed by atoms with Crippen LogP contribution in [0.15, 0.2) is 6.07 Å². The minimum Gasteiger partial charge on any atom is -0.383 e. The zero-order chi connectivity index (χ0) is 11.1. The first-order valence-electron chi connectivity index (χ1n) is 4.91. The highest BCUT2D eigenvalue weighted by Gasteiger charge is 2.35. The molecule has 0 aromatic carbocycles. The molecule has 1 aromatic rings. The fraction of sp³-hybridized carbons (Fsp3) is 0.556. The van der Waals surface area contributed by atoms with Gasteiger partial charge in [0.1, 0.15) is 11.4 Å². The van der Waals surface area contributed by atoms with Crippen LogP contribution in [0, 0.1) is 0 Å². The van der Waals surface area contributed by atoms with Crippen molar-refractivity contribution in [1.29, 1.82) is 0 Å². The quantitative estimate of drug-likeness (QED) is 0.600. The molecule has 0 saturated heterocycles. The van der Waals surface area contributed by atoms with Gasteiger partial charge in [-0.1, -0.05) is 12.8 Å². The Balaban J connectivity index is 2.37. The van der Waals surface area contributed by atoms with Crippen molar-refractivity contribution in [3.05, 3.63) is 11.8 Å². The Morgan fingerprint density at radius 1 is 1.53 bits per heavy atom. The summed E-state index contributed by atoms with van der Waals surface area (Å²) in [5.74, 6) is 0.373. The first-order chi connectivity index (χ1) is 7.03. The SMILES string of the molecule is NC(=S)n1nc(C2(O)CCCC2)cc1N. The van der Waals surface area contributed by atoms with Gasteiger partial charge in [0.05, 0.1) is 5.69 Å².